The minimum atomic E-state index is -1.10. The van der Waals surface area contributed by atoms with Gasteiger partial charge in [-0.2, -0.15) is 0 Å². The molecular formula is C7H5FO2S. The Morgan fingerprint density at radius 2 is 2.09 bits per heavy atom. The second-order valence-corrected chi connectivity index (χ2v) is 2.79. The Kier molecular flexibility index (Phi) is 2.48. The molecule has 1 rings (SSSR count). The highest BCUT2D eigenvalue weighted by Gasteiger charge is 2.05. The zero-order chi connectivity index (χ0) is 8.27. The summed E-state index contributed by atoms with van der Waals surface area (Å²) >= 11 is 0.467. The van der Waals surface area contributed by atoms with Gasteiger partial charge < -0.3 is 5.11 Å². The van der Waals surface area contributed by atoms with Gasteiger partial charge in [0, 0.05) is 0 Å². The molecule has 0 amide bonds. The molecule has 0 spiro atoms. The molecule has 0 heterocycles. The molecule has 0 aliphatic carbocycles. The Morgan fingerprint density at radius 3 is 2.64 bits per heavy atom. The van der Waals surface area contributed by atoms with Gasteiger partial charge >= 0.3 is 5.30 Å². The minimum absolute atomic E-state index is 0.139. The Labute approximate surface area is 67.0 Å². The van der Waals surface area contributed by atoms with Gasteiger partial charge in [0.15, 0.2) is 0 Å². The lowest BCUT2D eigenvalue weighted by molar-refractivity contribution is 0.222. The van der Waals surface area contributed by atoms with E-state index in [2.05, 4.69) is 0 Å². The van der Waals surface area contributed by atoms with E-state index in [9.17, 15) is 9.18 Å². The summed E-state index contributed by atoms with van der Waals surface area (Å²) in [6.45, 7) is 0. The summed E-state index contributed by atoms with van der Waals surface area (Å²) in [6.07, 6.45) is 0. The second-order valence-electron chi connectivity index (χ2n) is 1.80. The van der Waals surface area contributed by atoms with Crippen LogP contribution in [0.1, 0.15) is 0 Å². The van der Waals surface area contributed by atoms with Gasteiger partial charge in [0.05, 0.1) is 4.90 Å². The number of thioether (sulfide) groups is 1. The molecule has 0 unspecified atom stereocenters. The fourth-order valence-corrected chi connectivity index (χ4v) is 1.12. The normalized spacial score (nSPS) is 9.55. The van der Waals surface area contributed by atoms with Gasteiger partial charge in [0.1, 0.15) is 5.82 Å². The standard InChI is InChI=1S/C7H5FO2S/c8-5-3-1-2-4-6(5)11-7(9)10/h1-4H,(H,9,10). The molecule has 0 saturated carbocycles. The highest BCUT2D eigenvalue weighted by Crippen LogP contribution is 2.20. The van der Waals surface area contributed by atoms with Crippen molar-refractivity contribution in [3.8, 4) is 0 Å². The number of halogens is 1. The first-order valence-electron chi connectivity index (χ1n) is 2.85. The van der Waals surface area contributed by atoms with Crippen LogP contribution in [0.5, 0.6) is 0 Å². The summed E-state index contributed by atoms with van der Waals surface area (Å²) in [4.78, 5) is 10.3. The number of rotatable bonds is 1. The predicted molar refractivity (Wildman–Crippen MR) is 40.3 cm³/mol. The van der Waals surface area contributed by atoms with Crippen LogP contribution in [0, 0.1) is 5.82 Å². The lowest BCUT2D eigenvalue weighted by Crippen LogP contribution is -1.85. The Hall–Kier alpha value is -1.03. The van der Waals surface area contributed by atoms with Gasteiger partial charge in [-0.05, 0) is 23.9 Å². The number of hydrogen-bond acceptors (Lipinski definition) is 2. The van der Waals surface area contributed by atoms with Crippen molar-refractivity contribution < 1.29 is 14.3 Å². The number of hydrogen-bond donors (Lipinski definition) is 1. The molecule has 4 heteroatoms. The Balaban J connectivity index is 2.86. The molecule has 2 nitrogen and oxygen atoms in total. The van der Waals surface area contributed by atoms with E-state index in [0.717, 1.165) is 0 Å². The first-order valence-corrected chi connectivity index (χ1v) is 3.67. The van der Waals surface area contributed by atoms with Crippen molar-refractivity contribution in [1.82, 2.24) is 0 Å². The van der Waals surface area contributed by atoms with Crippen LogP contribution in [0.3, 0.4) is 0 Å². The van der Waals surface area contributed by atoms with Crippen molar-refractivity contribution in [3.05, 3.63) is 30.1 Å². The molecule has 0 aromatic heterocycles. The van der Waals surface area contributed by atoms with E-state index in [1.165, 1.54) is 18.2 Å². The van der Waals surface area contributed by atoms with Gasteiger partial charge in [0.25, 0.3) is 0 Å². The fourth-order valence-electron chi connectivity index (χ4n) is 0.622. The molecule has 58 valence electrons. The van der Waals surface area contributed by atoms with Crippen LogP contribution >= 0.6 is 11.8 Å². The Bertz CT molecular complexity index is 275. The molecule has 0 aliphatic rings. The highest BCUT2D eigenvalue weighted by atomic mass is 32.2. The van der Waals surface area contributed by atoms with E-state index in [-0.39, 0.29) is 4.90 Å². The third kappa shape index (κ3) is 2.23. The second kappa shape index (κ2) is 3.39. The summed E-state index contributed by atoms with van der Waals surface area (Å²) in [7, 11) is 0. The summed E-state index contributed by atoms with van der Waals surface area (Å²) < 4.78 is 12.7. The third-order valence-electron chi connectivity index (χ3n) is 1.03. The van der Waals surface area contributed by atoms with Crippen molar-refractivity contribution in [2.24, 2.45) is 0 Å². The lowest BCUT2D eigenvalue weighted by Gasteiger charge is -1.95. The van der Waals surface area contributed by atoms with Crippen LogP contribution in [0.15, 0.2) is 29.2 Å². The molecule has 0 atom stereocenters. The summed E-state index contributed by atoms with van der Waals surface area (Å²) in [5.74, 6) is -0.500. The van der Waals surface area contributed by atoms with Crippen LogP contribution in [0.2, 0.25) is 0 Å². The maximum atomic E-state index is 12.7. The highest BCUT2D eigenvalue weighted by molar-refractivity contribution is 8.13. The van der Waals surface area contributed by atoms with Crippen LogP contribution < -0.4 is 0 Å². The maximum absolute atomic E-state index is 12.7. The summed E-state index contributed by atoms with van der Waals surface area (Å²) in [6, 6.07) is 5.76. The number of carbonyl (C=O) groups is 1. The van der Waals surface area contributed by atoms with E-state index in [4.69, 9.17) is 5.11 Å². The number of benzene rings is 1. The Morgan fingerprint density at radius 1 is 1.45 bits per heavy atom. The summed E-state index contributed by atoms with van der Waals surface area (Å²) in [5, 5.41) is 7.19. The molecule has 11 heavy (non-hydrogen) atoms. The van der Waals surface area contributed by atoms with Crippen molar-refractivity contribution in [2.45, 2.75) is 4.90 Å². The first kappa shape index (κ1) is 8.07. The first-order chi connectivity index (χ1) is 5.20. The smallest absolute Gasteiger partial charge is 0.369 e. The van der Waals surface area contributed by atoms with E-state index in [1.807, 2.05) is 0 Å². The molecule has 1 N–H and O–H groups in total. The van der Waals surface area contributed by atoms with Crippen LogP contribution in [0.4, 0.5) is 9.18 Å². The molecule has 0 saturated heterocycles. The topological polar surface area (TPSA) is 37.3 Å². The molecule has 0 fully saturated rings. The van der Waals surface area contributed by atoms with Gasteiger partial charge in [-0.25, -0.2) is 9.18 Å². The van der Waals surface area contributed by atoms with Gasteiger partial charge in [0.2, 0.25) is 0 Å². The van der Waals surface area contributed by atoms with Gasteiger partial charge in [-0.1, -0.05) is 12.1 Å². The lowest BCUT2D eigenvalue weighted by atomic mass is 10.4. The van der Waals surface area contributed by atoms with E-state index < -0.39 is 11.1 Å². The summed E-state index contributed by atoms with van der Waals surface area (Å²) in [5.41, 5.74) is 0. The molecule has 1 aromatic carbocycles. The van der Waals surface area contributed by atoms with Crippen molar-refractivity contribution in [2.75, 3.05) is 0 Å². The van der Waals surface area contributed by atoms with Crippen molar-refractivity contribution in [1.29, 1.82) is 0 Å². The van der Waals surface area contributed by atoms with Crippen LogP contribution in [-0.4, -0.2) is 10.4 Å². The van der Waals surface area contributed by atoms with E-state index in [1.54, 1.807) is 6.07 Å². The van der Waals surface area contributed by atoms with Gasteiger partial charge in [-0.15, -0.1) is 0 Å². The molecule has 0 bridgehead atoms. The van der Waals surface area contributed by atoms with E-state index >= 15 is 0 Å². The van der Waals surface area contributed by atoms with Crippen molar-refractivity contribution >= 4 is 17.1 Å². The molecule has 0 radical (unpaired) electrons. The fraction of sp³-hybridized carbons (Fsp3) is 0. The average molecular weight is 172 g/mol. The quantitative estimate of drug-likeness (QED) is 0.661. The molecule has 1 aromatic rings. The average Bonchev–Trinajstić information content (AvgIpc) is 1.93. The zero-order valence-electron chi connectivity index (χ0n) is 5.45. The van der Waals surface area contributed by atoms with Gasteiger partial charge in [-0.3, -0.25) is 0 Å². The molecule has 0 aliphatic heterocycles. The number of carboxylic acid groups (broad SMARTS) is 1. The van der Waals surface area contributed by atoms with Crippen LogP contribution in [0.25, 0.3) is 0 Å². The van der Waals surface area contributed by atoms with E-state index in [0.29, 0.717) is 11.8 Å². The zero-order valence-corrected chi connectivity index (χ0v) is 6.27. The third-order valence-corrected chi connectivity index (χ3v) is 1.76. The molecular weight excluding hydrogens is 167 g/mol. The van der Waals surface area contributed by atoms with Crippen molar-refractivity contribution in [3.63, 3.8) is 0 Å². The largest absolute Gasteiger partial charge is 0.473 e. The predicted octanol–water partition coefficient (Wildman–Crippen LogP) is 2.60. The maximum Gasteiger partial charge on any atom is 0.369 e. The minimum Gasteiger partial charge on any atom is -0.473 e. The van der Waals surface area contributed by atoms with Crippen LogP contribution in [-0.2, 0) is 0 Å². The monoisotopic (exact) mass is 172 g/mol. The SMILES string of the molecule is O=C(O)Sc1ccccc1F.